The molecule has 0 bridgehead atoms. The predicted molar refractivity (Wildman–Crippen MR) is 79.4 cm³/mol. The molecule has 0 aliphatic rings. The van der Waals surface area contributed by atoms with Crippen LogP contribution in [0, 0.1) is 12.7 Å². The maximum Gasteiger partial charge on any atom is 0.230 e. The van der Waals surface area contributed by atoms with Gasteiger partial charge in [0, 0.05) is 10.4 Å². The van der Waals surface area contributed by atoms with E-state index in [2.05, 4.69) is 5.16 Å². The predicted octanol–water partition coefficient (Wildman–Crippen LogP) is 4.75. The normalized spacial score (nSPS) is 10.9. The molecule has 3 aromatic rings. The summed E-state index contributed by atoms with van der Waals surface area (Å²) in [5.41, 5.74) is 6.93. The maximum atomic E-state index is 14.1. The number of aryl methyl sites for hydroxylation is 1. The van der Waals surface area contributed by atoms with Gasteiger partial charge in [0.2, 0.25) is 5.88 Å². The molecular formula is C14H10ClFN2OS. The van der Waals surface area contributed by atoms with Crippen LogP contribution >= 0.6 is 22.9 Å². The van der Waals surface area contributed by atoms with Crippen LogP contribution in [0.1, 0.15) is 4.88 Å². The largest absolute Gasteiger partial charge is 0.367 e. The van der Waals surface area contributed by atoms with Crippen LogP contribution in [0.15, 0.2) is 34.9 Å². The van der Waals surface area contributed by atoms with Crippen molar-refractivity contribution < 1.29 is 8.91 Å². The Morgan fingerprint density at radius 1 is 1.25 bits per heavy atom. The monoisotopic (exact) mass is 308 g/mol. The smallest absolute Gasteiger partial charge is 0.230 e. The van der Waals surface area contributed by atoms with E-state index in [1.165, 1.54) is 17.4 Å². The number of aromatic nitrogens is 1. The van der Waals surface area contributed by atoms with E-state index >= 15 is 0 Å². The molecule has 0 saturated carbocycles. The highest BCUT2D eigenvalue weighted by Gasteiger charge is 2.23. The van der Waals surface area contributed by atoms with Crippen LogP contribution in [0.3, 0.4) is 0 Å². The van der Waals surface area contributed by atoms with Gasteiger partial charge in [-0.15, -0.1) is 11.3 Å². The number of rotatable bonds is 2. The second-order valence-corrected chi connectivity index (χ2v) is 5.97. The first-order valence-corrected chi connectivity index (χ1v) is 7.03. The van der Waals surface area contributed by atoms with Gasteiger partial charge in [-0.2, -0.15) is 0 Å². The van der Waals surface area contributed by atoms with E-state index in [0.29, 0.717) is 11.3 Å². The van der Waals surface area contributed by atoms with Crippen molar-refractivity contribution in [1.82, 2.24) is 5.16 Å². The van der Waals surface area contributed by atoms with E-state index in [4.69, 9.17) is 21.9 Å². The van der Waals surface area contributed by atoms with Crippen molar-refractivity contribution in [1.29, 1.82) is 0 Å². The lowest BCUT2D eigenvalue weighted by Crippen LogP contribution is -1.91. The molecule has 3 nitrogen and oxygen atoms in total. The summed E-state index contributed by atoms with van der Waals surface area (Å²) in [5, 5.41) is 4.22. The average Bonchev–Trinajstić information content (AvgIpc) is 2.97. The standard InChI is InChI=1S/C14H10ClFN2OS/c1-7-5-6-10(20-7)13-12(14(17)19-18-13)11-8(15)3-2-4-9(11)16/h2-6H,17H2,1H3. The molecule has 20 heavy (non-hydrogen) atoms. The van der Waals surface area contributed by atoms with Gasteiger partial charge >= 0.3 is 0 Å². The van der Waals surface area contributed by atoms with Crippen LogP contribution in [0.2, 0.25) is 5.02 Å². The summed E-state index contributed by atoms with van der Waals surface area (Å²) in [7, 11) is 0. The number of nitrogens with two attached hydrogens (primary N) is 1. The van der Waals surface area contributed by atoms with Gasteiger partial charge < -0.3 is 10.3 Å². The second kappa shape index (κ2) is 4.92. The summed E-state index contributed by atoms with van der Waals surface area (Å²) >= 11 is 7.63. The molecule has 2 heterocycles. The number of hydrogen-bond donors (Lipinski definition) is 1. The average molecular weight is 309 g/mol. The van der Waals surface area contributed by atoms with Crippen molar-refractivity contribution in [3.8, 4) is 21.7 Å². The van der Waals surface area contributed by atoms with Crippen molar-refractivity contribution in [2.24, 2.45) is 0 Å². The molecule has 2 aromatic heterocycles. The fourth-order valence-electron chi connectivity index (χ4n) is 2.01. The molecule has 0 atom stereocenters. The van der Waals surface area contributed by atoms with Crippen molar-refractivity contribution in [3.63, 3.8) is 0 Å². The van der Waals surface area contributed by atoms with E-state index in [0.717, 1.165) is 9.75 Å². The van der Waals surface area contributed by atoms with Gasteiger partial charge in [0.15, 0.2) is 0 Å². The summed E-state index contributed by atoms with van der Waals surface area (Å²) in [6.45, 7) is 1.98. The number of thiophene rings is 1. The molecule has 1 aromatic carbocycles. The van der Waals surface area contributed by atoms with E-state index in [9.17, 15) is 4.39 Å². The third-order valence-corrected chi connectivity index (χ3v) is 4.23. The Hall–Kier alpha value is -1.85. The van der Waals surface area contributed by atoms with Crippen LogP contribution < -0.4 is 5.73 Å². The van der Waals surface area contributed by atoms with Crippen LogP contribution in [0.4, 0.5) is 10.3 Å². The fourth-order valence-corrected chi connectivity index (χ4v) is 3.12. The van der Waals surface area contributed by atoms with Crippen LogP contribution in [-0.4, -0.2) is 5.16 Å². The highest BCUT2D eigenvalue weighted by atomic mass is 35.5. The zero-order valence-corrected chi connectivity index (χ0v) is 12.1. The van der Waals surface area contributed by atoms with Gasteiger partial charge in [-0.3, -0.25) is 0 Å². The highest BCUT2D eigenvalue weighted by Crippen LogP contribution is 2.42. The topological polar surface area (TPSA) is 52.0 Å². The Labute approximate surface area is 123 Å². The third kappa shape index (κ3) is 2.09. The fraction of sp³-hybridized carbons (Fsp3) is 0.0714. The van der Waals surface area contributed by atoms with Crippen LogP contribution in [0.25, 0.3) is 21.7 Å². The minimum atomic E-state index is -0.457. The summed E-state index contributed by atoms with van der Waals surface area (Å²) in [5.74, 6) is -0.403. The molecule has 3 rings (SSSR count). The van der Waals surface area contributed by atoms with E-state index in [1.807, 2.05) is 19.1 Å². The zero-order chi connectivity index (χ0) is 14.3. The molecule has 0 fully saturated rings. The molecule has 0 saturated heterocycles. The van der Waals surface area contributed by atoms with Crippen LogP contribution in [-0.2, 0) is 0 Å². The number of nitrogens with zero attached hydrogens (tertiary/aromatic N) is 1. The molecule has 0 aliphatic heterocycles. The number of anilines is 1. The Morgan fingerprint density at radius 3 is 2.70 bits per heavy atom. The third-order valence-electron chi connectivity index (χ3n) is 2.90. The quantitative estimate of drug-likeness (QED) is 0.743. The maximum absolute atomic E-state index is 14.1. The van der Waals surface area contributed by atoms with E-state index < -0.39 is 5.82 Å². The summed E-state index contributed by atoms with van der Waals surface area (Å²) in [6, 6.07) is 8.33. The van der Waals surface area contributed by atoms with Crippen molar-refractivity contribution in [2.75, 3.05) is 5.73 Å². The number of halogens is 2. The molecular weight excluding hydrogens is 299 g/mol. The number of hydrogen-bond acceptors (Lipinski definition) is 4. The van der Waals surface area contributed by atoms with Gasteiger partial charge in [0.05, 0.1) is 15.5 Å². The van der Waals surface area contributed by atoms with Gasteiger partial charge in [0.25, 0.3) is 0 Å². The second-order valence-electron chi connectivity index (χ2n) is 4.28. The van der Waals surface area contributed by atoms with Crippen molar-refractivity contribution >= 4 is 28.8 Å². The summed E-state index contributed by atoms with van der Waals surface area (Å²) in [4.78, 5) is 1.98. The first-order chi connectivity index (χ1) is 9.58. The lowest BCUT2D eigenvalue weighted by Gasteiger charge is -2.05. The molecule has 6 heteroatoms. The van der Waals surface area contributed by atoms with E-state index in [1.54, 1.807) is 12.1 Å². The minimum Gasteiger partial charge on any atom is -0.367 e. The van der Waals surface area contributed by atoms with Gasteiger partial charge in [-0.05, 0) is 31.2 Å². The first kappa shape index (κ1) is 13.1. The summed E-state index contributed by atoms with van der Waals surface area (Å²) in [6.07, 6.45) is 0. The zero-order valence-electron chi connectivity index (χ0n) is 10.5. The van der Waals surface area contributed by atoms with Gasteiger partial charge in [-0.1, -0.05) is 22.8 Å². The van der Waals surface area contributed by atoms with Crippen LogP contribution in [0.5, 0.6) is 0 Å². The van der Waals surface area contributed by atoms with Gasteiger partial charge in [0.1, 0.15) is 11.5 Å². The Morgan fingerprint density at radius 2 is 2.05 bits per heavy atom. The number of benzene rings is 1. The molecule has 0 radical (unpaired) electrons. The number of nitrogen functional groups attached to an aromatic ring is 1. The van der Waals surface area contributed by atoms with Crippen molar-refractivity contribution in [3.05, 3.63) is 46.0 Å². The van der Waals surface area contributed by atoms with E-state index in [-0.39, 0.29) is 16.5 Å². The molecule has 0 amide bonds. The minimum absolute atomic E-state index is 0.0538. The molecule has 2 N–H and O–H groups in total. The Kier molecular flexibility index (Phi) is 3.23. The highest BCUT2D eigenvalue weighted by molar-refractivity contribution is 7.15. The molecule has 0 unspecified atom stereocenters. The Balaban J connectivity index is 2.27. The first-order valence-electron chi connectivity index (χ1n) is 5.84. The Bertz CT molecular complexity index is 761. The summed E-state index contributed by atoms with van der Waals surface area (Å²) < 4.78 is 19.1. The molecule has 0 aliphatic carbocycles. The lowest BCUT2D eigenvalue weighted by molar-refractivity contribution is 0.439. The molecule has 102 valence electrons. The van der Waals surface area contributed by atoms with Gasteiger partial charge in [-0.25, -0.2) is 4.39 Å². The molecule has 0 spiro atoms. The van der Waals surface area contributed by atoms with Crippen molar-refractivity contribution in [2.45, 2.75) is 6.92 Å². The lowest BCUT2D eigenvalue weighted by atomic mass is 10.0. The SMILES string of the molecule is Cc1ccc(-c2noc(N)c2-c2c(F)cccc2Cl)s1.